The smallest absolute Gasteiger partial charge is 0.175 e. The molecule has 3 aromatic carbocycles. The maximum Gasteiger partial charge on any atom is 0.175 e. The van der Waals surface area contributed by atoms with Crippen molar-refractivity contribution in [2.75, 3.05) is 13.4 Å². The van der Waals surface area contributed by atoms with Crippen LogP contribution in [0.2, 0.25) is 0 Å². The predicted molar refractivity (Wildman–Crippen MR) is 118 cm³/mol. The van der Waals surface area contributed by atoms with Crippen LogP contribution in [0.15, 0.2) is 83.8 Å². The molecule has 4 aromatic rings. The van der Waals surface area contributed by atoms with Crippen LogP contribution in [0.4, 0.5) is 4.39 Å². The van der Waals surface area contributed by atoms with Gasteiger partial charge >= 0.3 is 0 Å². The van der Waals surface area contributed by atoms with Crippen molar-refractivity contribution in [2.24, 2.45) is 0 Å². The summed E-state index contributed by atoms with van der Waals surface area (Å²) in [5.74, 6) is 0.261. The minimum atomic E-state index is -3.31. The number of ether oxygens (including phenoxy) is 1. The fraction of sp³-hybridized carbons (Fsp3) is 0.125. The highest BCUT2D eigenvalue weighted by molar-refractivity contribution is 7.90. The van der Waals surface area contributed by atoms with Gasteiger partial charge in [0, 0.05) is 24.5 Å². The van der Waals surface area contributed by atoms with Gasteiger partial charge < -0.3 is 9.72 Å². The molecule has 4 rings (SSSR count). The molecule has 0 aliphatic rings. The number of sulfone groups is 1. The summed E-state index contributed by atoms with van der Waals surface area (Å²) in [4.78, 5) is 8.36. The molecular weight excluding hydrogens is 415 g/mol. The molecule has 0 fully saturated rings. The molecule has 1 N–H and O–H groups in total. The third-order valence-corrected chi connectivity index (χ3v) is 6.13. The van der Waals surface area contributed by atoms with E-state index in [-0.39, 0.29) is 10.7 Å². The van der Waals surface area contributed by atoms with Crippen LogP contribution in [-0.4, -0.2) is 31.8 Å². The summed E-state index contributed by atoms with van der Waals surface area (Å²) in [6.45, 7) is 0. The van der Waals surface area contributed by atoms with E-state index < -0.39 is 15.9 Å². The zero-order valence-electron chi connectivity index (χ0n) is 17.0. The SMILES string of the molecule is COC(c1ccccc1)c1nc(-c2ccc(S(C)(=O)=O)cc2)c(-c2ccc(F)cc2)[nH]1. The van der Waals surface area contributed by atoms with E-state index in [0.717, 1.165) is 16.7 Å². The number of nitrogens with one attached hydrogen (secondary N) is 1. The van der Waals surface area contributed by atoms with Crippen molar-refractivity contribution >= 4 is 9.84 Å². The van der Waals surface area contributed by atoms with Gasteiger partial charge in [0.25, 0.3) is 0 Å². The number of aromatic amines is 1. The Morgan fingerprint density at radius 3 is 2.10 bits per heavy atom. The topological polar surface area (TPSA) is 72.0 Å². The van der Waals surface area contributed by atoms with E-state index in [4.69, 9.17) is 9.72 Å². The molecule has 7 heteroatoms. The number of H-pyrrole nitrogens is 1. The normalized spacial score (nSPS) is 12.6. The Morgan fingerprint density at radius 2 is 1.52 bits per heavy atom. The second kappa shape index (κ2) is 8.45. The maximum atomic E-state index is 13.5. The van der Waals surface area contributed by atoms with E-state index in [1.807, 2.05) is 30.3 Å². The summed E-state index contributed by atoms with van der Waals surface area (Å²) < 4.78 is 42.8. The molecule has 158 valence electrons. The fourth-order valence-electron chi connectivity index (χ4n) is 3.44. The first-order valence-electron chi connectivity index (χ1n) is 9.61. The number of halogens is 1. The van der Waals surface area contributed by atoms with E-state index in [1.165, 1.54) is 18.4 Å². The van der Waals surface area contributed by atoms with Crippen molar-refractivity contribution in [3.8, 4) is 22.5 Å². The molecule has 0 radical (unpaired) electrons. The van der Waals surface area contributed by atoms with E-state index >= 15 is 0 Å². The molecule has 5 nitrogen and oxygen atoms in total. The number of rotatable bonds is 6. The van der Waals surface area contributed by atoms with Crippen molar-refractivity contribution in [1.82, 2.24) is 9.97 Å². The monoisotopic (exact) mass is 436 g/mol. The average molecular weight is 437 g/mol. The number of imidazole rings is 1. The van der Waals surface area contributed by atoms with Crippen molar-refractivity contribution in [3.05, 3.63) is 96.1 Å². The summed E-state index contributed by atoms with van der Waals surface area (Å²) in [5.41, 5.74) is 3.74. The summed E-state index contributed by atoms with van der Waals surface area (Å²) in [6.07, 6.45) is 0.742. The molecule has 0 bridgehead atoms. The summed E-state index contributed by atoms with van der Waals surface area (Å²) >= 11 is 0. The Hall–Kier alpha value is -3.29. The molecular formula is C24H21FN2O3S. The van der Waals surface area contributed by atoms with Crippen LogP contribution in [0.1, 0.15) is 17.5 Å². The maximum absolute atomic E-state index is 13.5. The molecule has 0 saturated carbocycles. The molecule has 0 aliphatic carbocycles. The first-order chi connectivity index (χ1) is 14.9. The molecule has 1 unspecified atom stereocenters. The number of aromatic nitrogens is 2. The van der Waals surface area contributed by atoms with Gasteiger partial charge in [-0.05, 0) is 42.0 Å². The number of hydrogen-bond donors (Lipinski definition) is 1. The van der Waals surface area contributed by atoms with Crippen molar-refractivity contribution in [2.45, 2.75) is 11.0 Å². The van der Waals surface area contributed by atoms with Gasteiger partial charge in [-0.2, -0.15) is 0 Å². The lowest BCUT2D eigenvalue weighted by Gasteiger charge is -2.13. The van der Waals surface area contributed by atoms with E-state index in [9.17, 15) is 12.8 Å². The zero-order valence-corrected chi connectivity index (χ0v) is 17.9. The van der Waals surface area contributed by atoms with Gasteiger partial charge in [0.05, 0.1) is 16.3 Å². The van der Waals surface area contributed by atoms with Gasteiger partial charge in [0.15, 0.2) is 9.84 Å². The molecule has 0 aliphatic heterocycles. The summed E-state index contributed by atoms with van der Waals surface area (Å²) in [7, 11) is -1.70. The molecule has 1 heterocycles. The Bertz CT molecular complexity index is 1280. The minimum Gasteiger partial charge on any atom is -0.369 e. The van der Waals surface area contributed by atoms with Crippen LogP contribution >= 0.6 is 0 Å². The standard InChI is InChI=1S/C24H21FN2O3S/c1-30-23(18-6-4-3-5-7-18)24-26-21(16-8-12-19(25)13-9-16)22(27-24)17-10-14-20(15-11-17)31(2,28)29/h3-15,23H,1-2H3,(H,26,27). The molecule has 31 heavy (non-hydrogen) atoms. The van der Waals surface area contributed by atoms with Gasteiger partial charge in [-0.3, -0.25) is 0 Å². The molecule has 1 atom stereocenters. The van der Waals surface area contributed by atoms with Crippen LogP contribution in [0.3, 0.4) is 0 Å². The Balaban J connectivity index is 1.85. The van der Waals surface area contributed by atoms with Crippen molar-refractivity contribution in [3.63, 3.8) is 0 Å². The number of methoxy groups -OCH3 is 1. The highest BCUT2D eigenvalue weighted by Gasteiger charge is 2.22. The third-order valence-electron chi connectivity index (χ3n) is 5.00. The second-order valence-electron chi connectivity index (χ2n) is 7.18. The second-order valence-corrected chi connectivity index (χ2v) is 9.19. The highest BCUT2D eigenvalue weighted by Crippen LogP contribution is 2.34. The van der Waals surface area contributed by atoms with Crippen LogP contribution in [0, 0.1) is 5.82 Å². The Kier molecular flexibility index (Phi) is 5.71. The first kappa shape index (κ1) is 21.0. The van der Waals surface area contributed by atoms with E-state index in [0.29, 0.717) is 17.2 Å². The zero-order chi connectivity index (χ0) is 22.0. The lowest BCUT2D eigenvalue weighted by molar-refractivity contribution is 0.130. The predicted octanol–water partition coefficient (Wildman–Crippen LogP) is 5.02. The molecule has 1 aromatic heterocycles. The third kappa shape index (κ3) is 4.42. The van der Waals surface area contributed by atoms with E-state index in [2.05, 4.69) is 4.98 Å². The van der Waals surface area contributed by atoms with Gasteiger partial charge in [0.1, 0.15) is 17.7 Å². The Labute approximate surface area is 180 Å². The summed E-state index contributed by atoms with van der Waals surface area (Å²) in [5, 5.41) is 0. The number of hydrogen-bond acceptors (Lipinski definition) is 4. The van der Waals surface area contributed by atoms with Crippen molar-refractivity contribution in [1.29, 1.82) is 0 Å². The van der Waals surface area contributed by atoms with E-state index in [1.54, 1.807) is 43.5 Å². The number of benzene rings is 3. The summed E-state index contributed by atoms with van der Waals surface area (Å²) in [6, 6.07) is 22.3. The fourth-order valence-corrected chi connectivity index (χ4v) is 4.07. The average Bonchev–Trinajstić information content (AvgIpc) is 3.20. The minimum absolute atomic E-state index is 0.231. The van der Waals surface area contributed by atoms with Crippen molar-refractivity contribution < 1.29 is 17.5 Å². The lowest BCUT2D eigenvalue weighted by atomic mass is 10.1. The van der Waals surface area contributed by atoms with Gasteiger partial charge in [-0.25, -0.2) is 17.8 Å². The van der Waals surface area contributed by atoms with Crippen LogP contribution in [-0.2, 0) is 14.6 Å². The van der Waals surface area contributed by atoms with Crippen LogP contribution in [0.25, 0.3) is 22.5 Å². The molecule has 0 amide bonds. The lowest BCUT2D eigenvalue weighted by Crippen LogP contribution is -2.05. The largest absolute Gasteiger partial charge is 0.369 e. The molecule has 0 spiro atoms. The van der Waals surface area contributed by atoms with Crippen LogP contribution < -0.4 is 0 Å². The first-order valence-corrected chi connectivity index (χ1v) is 11.5. The number of nitrogens with zero attached hydrogens (tertiary/aromatic N) is 1. The highest BCUT2D eigenvalue weighted by atomic mass is 32.2. The van der Waals surface area contributed by atoms with Gasteiger partial charge in [0.2, 0.25) is 0 Å². The van der Waals surface area contributed by atoms with Gasteiger partial charge in [-0.15, -0.1) is 0 Å². The van der Waals surface area contributed by atoms with Gasteiger partial charge in [-0.1, -0.05) is 42.5 Å². The Morgan fingerprint density at radius 1 is 0.903 bits per heavy atom. The molecule has 0 saturated heterocycles. The van der Waals surface area contributed by atoms with Crippen LogP contribution in [0.5, 0.6) is 0 Å². The quantitative estimate of drug-likeness (QED) is 0.461.